The van der Waals surface area contributed by atoms with Crippen LogP contribution in [-0.2, 0) is 9.59 Å². The fraction of sp³-hybridized carbons (Fsp3) is 0.250. The summed E-state index contributed by atoms with van der Waals surface area (Å²) in [5, 5.41) is 0.654. The monoisotopic (exact) mass is 298 g/mol. The third kappa shape index (κ3) is 2.90. The Balaban J connectivity index is 1.89. The zero-order valence-electron chi connectivity index (χ0n) is 10.1. The molecule has 0 bridgehead atoms. The number of likely N-dealkylation sites (N-methyl/N-ethyl adjacent to an activating group) is 1. The highest BCUT2D eigenvalue weighted by molar-refractivity contribution is 7.99. The second-order valence-electron chi connectivity index (χ2n) is 3.91. The van der Waals surface area contributed by atoms with Gasteiger partial charge in [-0.1, -0.05) is 11.6 Å². The van der Waals surface area contributed by atoms with Crippen LogP contribution in [0.25, 0.3) is 0 Å². The van der Waals surface area contributed by atoms with Crippen molar-refractivity contribution in [1.82, 2.24) is 9.80 Å². The third-order valence-corrected chi connectivity index (χ3v) is 3.89. The maximum atomic E-state index is 11.6. The molecule has 1 saturated heterocycles. The van der Waals surface area contributed by atoms with Gasteiger partial charge in [-0.2, -0.15) is 0 Å². The molecular formula is C12H11ClN2O3S. The van der Waals surface area contributed by atoms with E-state index in [0.29, 0.717) is 10.8 Å². The molecule has 0 radical (unpaired) electrons. The predicted molar refractivity (Wildman–Crippen MR) is 72.1 cm³/mol. The molecule has 100 valence electrons. The Bertz CT molecular complexity index is 532. The minimum atomic E-state index is -0.776. The van der Waals surface area contributed by atoms with Crippen molar-refractivity contribution in [3.63, 3.8) is 0 Å². The van der Waals surface area contributed by atoms with Gasteiger partial charge in [0.15, 0.2) is 0 Å². The Labute approximate surface area is 119 Å². The summed E-state index contributed by atoms with van der Waals surface area (Å²) in [6.07, 6.45) is 0. The number of halogens is 1. The van der Waals surface area contributed by atoms with Crippen molar-refractivity contribution >= 4 is 41.2 Å². The van der Waals surface area contributed by atoms with E-state index >= 15 is 0 Å². The molecule has 1 fully saturated rings. The molecule has 4 amide bonds. The normalized spacial score (nSPS) is 15.6. The van der Waals surface area contributed by atoms with Crippen LogP contribution in [0.15, 0.2) is 29.2 Å². The van der Waals surface area contributed by atoms with E-state index in [1.54, 1.807) is 12.1 Å². The number of hydrogen-bond acceptors (Lipinski definition) is 4. The van der Waals surface area contributed by atoms with Gasteiger partial charge in [-0.25, -0.2) is 4.79 Å². The van der Waals surface area contributed by atoms with Gasteiger partial charge in [0.1, 0.15) is 0 Å². The number of urea groups is 1. The van der Waals surface area contributed by atoms with Gasteiger partial charge in [-0.3, -0.25) is 19.4 Å². The number of imide groups is 2. The molecule has 2 rings (SSSR count). The van der Waals surface area contributed by atoms with Gasteiger partial charge >= 0.3 is 17.8 Å². The lowest BCUT2D eigenvalue weighted by molar-refractivity contribution is -0.142. The van der Waals surface area contributed by atoms with E-state index in [9.17, 15) is 14.4 Å². The molecule has 0 N–H and O–H groups in total. The minimum Gasteiger partial charge on any atom is -0.263 e. The first-order valence-electron chi connectivity index (χ1n) is 5.52. The molecule has 1 aliphatic rings. The van der Waals surface area contributed by atoms with Crippen molar-refractivity contribution in [3.8, 4) is 0 Å². The lowest BCUT2D eigenvalue weighted by Crippen LogP contribution is -2.33. The van der Waals surface area contributed by atoms with Crippen LogP contribution < -0.4 is 0 Å². The molecule has 0 saturated carbocycles. The fourth-order valence-corrected chi connectivity index (χ4v) is 2.56. The molecule has 0 aromatic heterocycles. The number of nitrogens with zero attached hydrogens (tertiary/aromatic N) is 2. The van der Waals surface area contributed by atoms with Crippen LogP contribution >= 0.6 is 23.4 Å². The zero-order valence-corrected chi connectivity index (χ0v) is 11.7. The standard InChI is InChI=1S/C12H11ClN2O3S/c1-14-10(16)11(17)15(12(14)18)6-7-19-9-4-2-8(13)3-5-9/h2-5H,6-7H2,1H3. The maximum Gasteiger partial charge on any atom is 0.333 e. The molecule has 0 unspecified atom stereocenters. The van der Waals surface area contributed by atoms with Gasteiger partial charge in [-0.05, 0) is 24.3 Å². The average Bonchev–Trinajstić information content (AvgIpc) is 2.58. The van der Waals surface area contributed by atoms with Crippen LogP contribution in [0.4, 0.5) is 4.79 Å². The van der Waals surface area contributed by atoms with Gasteiger partial charge in [0.05, 0.1) is 0 Å². The Morgan fingerprint density at radius 2 is 1.74 bits per heavy atom. The van der Waals surface area contributed by atoms with Crippen LogP contribution in [-0.4, -0.2) is 47.0 Å². The molecule has 0 atom stereocenters. The van der Waals surface area contributed by atoms with Gasteiger partial charge < -0.3 is 0 Å². The second-order valence-corrected chi connectivity index (χ2v) is 5.51. The predicted octanol–water partition coefficient (Wildman–Crippen LogP) is 1.85. The lowest BCUT2D eigenvalue weighted by Gasteiger charge is -2.12. The number of carbonyl (C=O) groups is 3. The summed E-state index contributed by atoms with van der Waals surface area (Å²) < 4.78 is 0. The summed E-state index contributed by atoms with van der Waals surface area (Å²) in [5.74, 6) is -1.01. The topological polar surface area (TPSA) is 57.7 Å². The highest BCUT2D eigenvalue weighted by atomic mass is 35.5. The van der Waals surface area contributed by atoms with Gasteiger partial charge in [0.25, 0.3) is 0 Å². The summed E-state index contributed by atoms with van der Waals surface area (Å²) in [7, 11) is 1.30. The highest BCUT2D eigenvalue weighted by Gasteiger charge is 2.41. The Kier molecular flexibility index (Phi) is 4.11. The maximum absolute atomic E-state index is 11.6. The van der Waals surface area contributed by atoms with Crippen LogP contribution in [0.2, 0.25) is 5.02 Å². The van der Waals surface area contributed by atoms with Crippen LogP contribution in [0.5, 0.6) is 0 Å². The van der Waals surface area contributed by atoms with E-state index in [2.05, 4.69) is 0 Å². The van der Waals surface area contributed by atoms with Crippen molar-refractivity contribution in [2.45, 2.75) is 4.90 Å². The summed E-state index contributed by atoms with van der Waals surface area (Å²) >= 11 is 7.26. The van der Waals surface area contributed by atoms with E-state index in [1.807, 2.05) is 12.1 Å². The van der Waals surface area contributed by atoms with Crippen molar-refractivity contribution in [1.29, 1.82) is 0 Å². The zero-order chi connectivity index (χ0) is 14.0. The molecule has 0 spiro atoms. The third-order valence-electron chi connectivity index (χ3n) is 2.65. The molecule has 1 heterocycles. The summed E-state index contributed by atoms with van der Waals surface area (Å²) in [6, 6.07) is 6.70. The number of benzene rings is 1. The first-order chi connectivity index (χ1) is 9.00. The number of hydrogen-bond donors (Lipinski definition) is 0. The second kappa shape index (κ2) is 5.63. The molecule has 0 aliphatic carbocycles. The quantitative estimate of drug-likeness (QED) is 0.483. The Morgan fingerprint density at radius 3 is 2.26 bits per heavy atom. The number of rotatable bonds is 4. The molecule has 1 aromatic rings. The number of amides is 4. The van der Waals surface area contributed by atoms with Gasteiger partial charge in [0.2, 0.25) is 0 Å². The van der Waals surface area contributed by atoms with Crippen LogP contribution in [0.1, 0.15) is 0 Å². The largest absolute Gasteiger partial charge is 0.333 e. The summed E-state index contributed by atoms with van der Waals surface area (Å²) in [5.41, 5.74) is 0. The van der Waals surface area contributed by atoms with Crippen LogP contribution in [0, 0.1) is 0 Å². The Morgan fingerprint density at radius 1 is 1.11 bits per heavy atom. The van der Waals surface area contributed by atoms with Crippen LogP contribution in [0.3, 0.4) is 0 Å². The van der Waals surface area contributed by atoms with E-state index < -0.39 is 17.8 Å². The Hall–Kier alpha value is -1.53. The van der Waals surface area contributed by atoms with E-state index in [0.717, 1.165) is 14.7 Å². The molecule has 7 heteroatoms. The van der Waals surface area contributed by atoms with Gasteiger partial charge in [-0.15, -0.1) is 11.8 Å². The van der Waals surface area contributed by atoms with Crippen molar-refractivity contribution in [2.24, 2.45) is 0 Å². The van der Waals surface area contributed by atoms with Crippen molar-refractivity contribution in [2.75, 3.05) is 19.3 Å². The minimum absolute atomic E-state index is 0.209. The van der Waals surface area contributed by atoms with E-state index in [4.69, 9.17) is 11.6 Å². The van der Waals surface area contributed by atoms with Crippen molar-refractivity contribution < 1.29 is 14.4 Å². The van der Waals surface area contributed by atoms with Gasteiger partial charge in [0, 0.05) is 29.3 Å². The smallest absolute Gasteiger partial charge is 0.263 e. The molecular weight excluding hydrogens is 288 g/mol. The summed E-state index contributed by atoms with van der Waals surface area (Å²) in [4.78, 5) is 37.2. The fourth-order valence-electron chi connectivity index (χ4n) is 1.60. The number of carbonyl (C=O) groups excluding carboxylic acids is 3. The SMILES string of the molecule is CN1C(=O)C(=O)N(CCSc2ccc(Cl)cc2)C1=O. The molecule has 1 aliphatic heterocycles. The highest BCUT2D eigenvalue weighted by Crippen LogP contribution is 2.21. The lowest BCUT2D eigenvalue weighted by atomic mass is 10.4. The van der Waals surface area contributed by atoms with E-state index in [1.165, 1.54) is 18.8 Å². The number of thioether (sulfide) groups is 1. The van der Waals surface area contributed by atoms with E-state index in [-0.39, 0.29) is 6.54 Å². The first-order valence-corrected chi connectivity index (χ1v) is 6.89. The molecule has 5 nitrogen and oxygen atoms in total. The van der Waals surface area contributed by atoms with Crippen molar-refractivity contribution in [3.05, 3.63) is 29.3 Å². The average molecular weight is 299 g/mol. The summed E-state index contributed by atoms with van der Waals surface area (Å²) in [6.45, 7) is 0.209. The molecule has 1 aromatic carbocycles. The molecule has 19 heavy (non-hydrogen) atoms. The first kappa shape index (κ1) is 13.9.